The van der Waals surface area contributed by atoms with Crippen molar-refractivity contribution in [2.24, 2.45) is 0 Å². The van der Waals surface area contributed by atoms with Gasteiger partial charge in [0.25, 0.3) is 5.91 Å². The molecule has 1 aliphatic rings. The molecule has 32 heavy (non-hydrogen) atoms. The molecule has 168 valence electrons. The van der Waals surface area contributed by atoms with E-state index in [0.29, 0.717) is 42.1 Å². The number of aromatic nitrogens is 4. The average molecular weight is 449 g/mol. The Morgan fingerprint density at radius 2 is 1.97 bits per heavy atom. The van der Waals surface area contributed by atoms with Crippen molar-refractivity contribution in [1.82, 2.24) is 24.4 Å². The van der Waals surface area contributed by atoms with Gasteiger partial charge in [0.15, 0.2) is 17.3 Å². The van der Waals surface area contributed by atoms with Gasteiger partial charge >= 0.3 is 12.2 Å². The van der Waals surface area contributed by atoms with Gasteiger partial charge in [0, 0.05) is 18.3 Å². The maximum atomic E-state index is 14.8. The van der Waals surface area contributed by atoms with Crippen molar-refractivity contribution >= 4 is 5.91 Å². The summed E-state index contributed by atoms with van der Waals surface area (Å²) in [5, 5.41) is 0. The zero-order valence-electron chi connectivity index (χ0n) is 17.3. The second-order valence-electron chi connectivity index (χ2n) is 7.33. The number of carbonyl (C=O) groups excluding carboxylic acids is 1. The number of aryl methyl sites for hydroxylation is 1. The van der Waals surface area contributed by atoms with Crippen molar-refractivity contribution < 1.29 is 27.1 Å². The first-order valence-corrected chi connectivity index (χ1v) is 9.93. The van der Waals surface area contributed by atoms with Crippen LogP contribution in [-0.4, -0.2) is 36.9 Å². The van der Waals surface area contributed by atoms with Crippen LogP contribution in [0.2, 0.25) is 0 Å². The Morgan fingerprint density at radius 3 is 2.66 bits per heavy atom. The summed E-state index contributed by atoms with van der Waals surface area (Å²) in [6.45, 7) is 4.69. The summed E-state index contributed by atoms with van der Waals surface area (Å²) in [4.78, 5) is 25.5. The molecule has 11 heteroatoms. The average Bonchev–Trinajstić information content (AvgIpc) is 3.22. The van der Waals surface area contributed by atoms with Crippen LogP contribution < -0.4 is 4.74 Å². The second-order valence-corrected chi connectivity index (χ2v) is 7.33. The first kappa shape index (κ1) is 21.7. The molecular formula is C21H19F4N5O2. The maximum absolute atomic E-state index is 14.8. The number of imidazole rings is 1. The number of hydrogen-bond donors (Lipinski definition) is 0. The van der Waals surface area contributed by atoms with Gasteiger partial charge in [-0.05, 0) is 37.6 Å². The van der Waals surface area contributed by atoms with Gasteiger partial charge in [-0.15, -0.1) is 0 Å². The number of unbranched alkanes of at least 4 members (excludes halogenated alkanes) is 1. The van der Waals surface area contributed by atoms with Gasteiger partial charge in [-0.1, -0.05) is 13.3 Å². The Balaban J connectivity index is 1.61. The first-order valence-electron chi connectivity index (χ1n) is 9.93. The highest BCUT2D eigenvalue weighted by atomic mass is 19.4. The van der Waals surface area contributed by atoms with E-state index < -0.39 is 23.7 Å². The molecule has 0 atom stereocenters. The summed E-state index contributed by atoms with van der Waals surface area (Å²) in [7, 11) is 0. The van der Waals surface area contributed by atoms with E-state index >= 15 is 0 Å². The van der Waals surface area contributed by atoms with Crippen LogP contribution in [0.3, 0.4) is 0 Å². The minimum atomic E-state index is -4.67. The predicted molar refractivity (Wildman–Crippen MR) is 105 cm³/mol. The van der Waals surface area contributed by atoms with Gasteiger partial charge in [0.2, 0.25) is 5.82 Å². The topological polar surface area (TPSA) is 73.1 Å². The highest BCUT2D eigenvalue weighted by molar-refractivity contribution is 5.94. The Labute approximate surface area is 180 Å². The van der Waals surface area contributed by atoms with Crippen molar-refractivity contribution in [2.75, 3.05) is 6.54 Å². The number of rotatable bonds is 6. The number of nitrogens with zero attached hydrogens (tertiary/aromatic N) is 5. The zero-order chi connectivity index (χ0) is 23.0. The molecule has 0 spiro atoms. The van der Waals surface area contributed by atoms with Crippen molar-refractivity contribution in [2.45, 2.75) is 39.5 Å². The van der Waals surface area contributed by atoms with Gasteiger partial charge in [-0.2, -0.15) is 18.2 Å². The molecule has 0 aliphatic carbocycles. The highest BCUT2D eigenvalue weighted by Gasteiger charge is 2.34. The molecule has 0 fully saturated rings. The fraction of sp³-hybridized carbons (Fsp3) is 0.333. The molecule has 3 aromatic rings. The molecule has 0 N–H and O–H groups in total. The summed E-state index contributed by atoms with van der Waals surface area (Å²) in [5.74, 6) is -1.01. The summed E-state index contributed by atoms with van der Waals surface area (Å²) in [5.41, 5.74) is 0.425. The number of carbonyl (C=O) groups is 1. The number of halogens is 4. The molecule has 0 saturated heterocycles. The Bertz CT molecular complexity index is 1180. The molecule has 3 heterocycles. The van der Waals surface area contributed by atoms with E-state index in [1.54, 1.807) is 22.5 Å². The van der Waals surface area contributed by atoms with Crippen molar-refractivity contribution in [3.63, 3.8) is 0 Å². The molecule has 1 aromatic carbocycles. The normalized spacial score (nSPS) is 13.6. The smallest absolute Gasteiger partial charge is 0.421 e. The molecule has 1 amide bonds. The lowest BCUT2D eigenvalue weighted by Crippen LogP contribution is -2.26. The number of ether oxygens (including phenoxy) is 1. The molecule has 2 aromatic heterocycles. The van der Waals surface area contributed by atoms with E-state index in [1.807, 2.05) is 6.92 Å². The Kier molecular flexibility index (Phi) is 5.57. The fourth-order valence-corrected chi connectivity index (χ4v) is 3.51. The number of alkyl halides is 3. The van der Waals surface area contributed by atoms with Crippen molar-refractivity contribution in [3.05, 3.63) is 53.5 Å². The number of amides is 1. The molecule has 4 rings (SSSR count). The first-order chi connectivity index (χ1) is 15.2. The van der Waals surface area contributed by atoms with E-state index in [-0.39, 0.29) is 11.7 Å². The van der Waals surface area contributed by atoms with Gasteiger partial charge in [0.05, 0.1) is 18.1 Å². The monoisotopic (exact) mass is 449 g/mol. The van der Waals surface area contributed by atoms with Gasteiger partial charge in [-0.25, -0.2) is 14.4 Å². The quantitative estimate of drug-likeness (QED) is 0.505. The third kappa shape index (κ3) is 4.02. The summed E-state index contributed by atoms with van der Waals surface area (Å²) < 4.78 is 60.1. The molecule has 1 aliphatic heterocycles. The van der Waals surface area contributed by atoms with Crippen LogP contribution in [0.5, 0.6) is 11.8 Å². The number of fused-ring (bicyclic) bond motifs is 1. The third-order valence-electron chi connectivity index (χ3n) is 5.04. The Hall–Kier alpha value is -3.50. The summed E-state index contributed by atoms with van der Waals surface area (Å²) in [6.07, 6.45) is -1.98. The lowest BCUT2D eigenvalue weighted by atomic mass is 10.1. The fourth-order valence-electron chi connectivity index (χ4n) is 3.51. The lowest BCUT2D eigenvalue weighted by Gasteiger charge is -2.16. The van der Waals surface area contributed by atoms with E-state index in [1.165, 1.54) is 12.1 Å². The van der Waals surface area contributed by atoms with Crippen LogP contribution in [0.25, 0.3) is 11.3 Å². The van der Waals surface area contributed by atoms with E-state index in [2.05, 4.69) is 15.0 Å². The molecule has 7 nitrogen and oxygen atoms in total. The van der Waals surface area contributed by atoms with Gasteiger partial charge in [-0.3, -0.25) is 4.79 Å². The molecular weight excluding hydrogens is 430 g/mol. The third-order valence-corrected chi connectivity index (χ3v) is 5.04. The number of benzene rings is 1. The molecule has 0 saturated carbocycles. The minimum absolute atomic E-state index is 0.171. The standard InChI is InChI=1S/C21H19F4N5O2/c1-3-4-9-29-11-30-17(12(2)27-18(30)19(29)31)13-5-6-15(14(22)10-13)32-20-26-8-7-16(28-20)21(23,24)25/h5-8,10H,3-4,9,11H2,1-2H3. The van der Waals surface area contributed by atoms with Gasteiger partial charge in [0.1, 0.15) is 0 Å². The largest absolute Gasteiger partial charge is 0.433 e. The second kappa shape index (κ2) is 8.21. The van der Waals surface area contributed by atoms with E-state index in [0.717, 1.165) is 19.0 Å². The SMILES string of the molecule is CCCCN1Cn2c(nc(C)c2-c2ccc(Oc3nccc(C(F)(F)F)n3)c(F)c2)C1=O. The van der Waals surface area contributed by atoms with Crippen molar-refractivity contribution in [3.8, 4) is 23.0 Å². The van der Waals surface area contributed by atoms with E-state index in [4.69, 9.17) is 4.74 Å². The van der Waals surface area contributed by atoms with Crippen molar-refractivity contribution in [1.29, 1.82) is 0 Å². The molecule has 0 unspecified atom stereocenters. The minimum Gasteiger partial charge on any atom is -0.421 e. The van der Waals surface area contributed by atoms with Gasteiger partial charge < -0.3 is 14.2 Å². The van der Waals surface area contributed by atoms with Crippen LogP contribution in [0, 0.1) is 12.7 Å². The van der Waals surface area contributed by atoms with Crippen LogP contribution >= 0.6 is 0 Å². The zero-order valence-corrected chi connectivity index (χ0v) is 17.3. The van der Waals surface area contributed by atoms with Crippen LogP contribution in [-0.2, 0) is 12.8 Å². The van der Waals surface area contributed by atoms with Crippen LogP contribution in [0.15, 0.2) is 30.5 Å². The molecule has 0 bridgehead atoms. The van der Waals surface area contributed by atoms with E-state index in [9.17, 15) is 22.4 Å². The highest BCUT2D eigenvalue weighted by Crippen LogP contribution is 2.33. The Morgan fingerprint density at radius 1 is 1.19 bits per heavy atom. The maximum Gasteiger partial charge on any atom is 0.433 e. The van der Waals surface area contributed by atoms with Crippen LogP contribution in [0.1, 0.15) is 41.8 Å². The summed E-state index contributed by atoms with van der Waals surface area (Å²) in [6, 6.07) is 4.08. The lowest BCUT2D eigenvalue weighted by molar-refractivity contribution is -0.141. The molecule has 0 radical (unpaired) electrons. The van der Waals surface area contributed by atoms with Crippen LogP contribution in [0.4, 0.5) is 17.6 Å². The summed E-state index contributed by atoms with van der Waals surface area (Å²) >= 11 is 0. The number of hydrogen-bond acceptors (Lipinski definition) is 5. The predicted octanol–water partition coefficient (Wildman–Crippen LogP) is 4.81.